The average molecular weight is 467 g/mol. The van der Waals surface area contributed by atoms with Gasteiger partial charge in [-0.05, 0) is 41.5 Å². The topological polar surface area (TPSA) is 69.7 Å². The highest BCUT2D eigenvalue weighted by molar-refractivity contribution is 6.31. The molecule has 0 aliphatic carbocycles. The van der Waals surface area contributed by atoms with Crippen LogP contribution in [0.1, 0.15) is 16.8 Å². The fourth-order valence-corrected chi connectivity index (χ4v) is 5.10. The lowest BCUT2D eigenvalue weighted by Gasteiger charge is -2.27. The van der Waals surface area contributed by atoms with Crippen LogP contribution in [0.4, 0.5) is 5.69 Å². The summed E-state index contributed by atoms with van der Waals surface area (Å²) < 4.78 is 28.0. The predicted molar refractivity (Wildman–Crippen MR) is 131 cm³/mol. The summed E-state index contributed by atoms with van der Waals surface area (Å²) in [5.74, 6) is 2.36. The Morgan fingerprint density at radius 2 is 1.53 bits per heavy atom. The summed E-state index contributed by atoms with van der Waals surface area (Å²) in [4.78, 5) is 17.9. The average Bonchev–Trinajstić information content (AvgIpc) is 3.14. The van der Waals surface area contributed by atoms with Crippen molar-refractivity contribution in [3.63, 3.8) is 0 Å². The molecule has 34 heavy (non-hydrogen) atoms. The van der Waals surface area contributed by atoms with Crippen LogP contribution in [-0.2, 0) is 4.74 Å². The molecule has 8 heteroatoms. The normalized spacial score (nSPS) is 15.9. The third-order valence-electron chi connectivity index (χ3n) is 6.77. The van der Waals surface area contributed by atoms with Gasteiger partial charge in [-0.3, -0.25) is 9.69 Å². The van der Waals surface area contributed by atoms with Crippen molar-refractivity contribution >= 4 is 33.1 Å². The molecule has 3 aromatic rings. The van der Waals surface area contributed by atoms with Gasteiger partial charge in [0.25, 0.3) is 5.91 Å². The molecule has 2 heterocycles. The smallest absolute Gasteiger partial charge is 0.259 e. The van der Waals surface area contributed by atoms with Crippen LogP contribution in [0, 0.1) is 0 Å². The van der Waals surface area contributed by atoms with Crippen LogP contribution in [0.2, 0.25) is 0 Å². The number of carbonyl (C=O) groups is 1. The number of fused-ring (bicyclic) bond motifs is 2. The van der Waals surface area contributed by atoms with Crippen LogP contribution >= 0.6 is 0 Å². The third kappa shape index (κ3) is 3.58. The summed E-state index contributed by atoms with van der Waals surface area (Å²) in [5.41, 5.74) is 1.52. The van der Waals surface area contributed by atoms with E-state index in [-0.39, 0.29) is 5.91 Å². The van der Waals surface area contributed by atoms with E-state index in [0.29, 0.717) is 35.1 Å². The third-order valence-corrected chi connectivity index (χ3v) is 6.77. The van der Waals surface area contributed by atoms with Gasteiger partial charge in [-0.1, -0.05) is 0 Å². The summed E-state index contributed by atoms with van der Waals surface area (Å²) in [6, 6.07) is 7.73. The molecule has 3 aromatic carbocycles. The number of methoxy groups -OCH3 is 4. The number of amides is 1. The zero-order valence-electron chi connectivity index (χ0n) is 20.1. The lowest BCUT2D eigenvalue weighted by molar-refractivity contribution is 0.0376. The zero-order chi connectivity index (χ0) is 23.8. The molecule has 0 atom stereocenters. The number of ether oxygens (including phenoxy) is 5. The Morgan fingerprint density at radius 3 is 2.21 bits per heavy atom. The highest BCUT2D eigenvalue weighted by Gasteiger charge is 2.34. The van der Waals surface area contributed by atoms with Crippen LogP contribution in [0.5, 0.6) is 23.0 Å². The zero-order valence-corrected chi connectivity index (χ0v) is 20.1. The maximum Gasteiger partial charge on any atom is 0.259 e. The van der Waals surface area contributed by atoms with Crippen molar-refractivity contribution in [1.82, 2.24) is 4.90 Å². The molecule has 1 amide bonds. The molecule has 1 saturated heterocycles. The number of hydrogen-bond donors (Lipinski definition) is 0. The molecule has 180 valence electrons. The summed E-state index contributed by atoms with van der Waals surface area (Å²) in [5, 5.41) is 3.57. The summed E-state index contributed by atoms with van der Waals surface area (Å²) >= 11 is 0. The molecule has 0 N–H and O–H groups in total. The monoisotopic (exact) mass is 466 g/mol. The van der Waals surface area contributed by atoms with Gasteiger partial charge in [0.05, 0.1) is 52.9 Å². The first kappa shape index (κ1) is 22.6. The van der Waals surface area contributed by atoms with Crippen LogP contribution in [0.3, 0.4) is 0 Å². The second-order valence-corrected chi connectivity index (χ2v) is 8.50. The molecule has 0 saturated carbocycles. The molecule has 2 aliphatic rings. The van der Waals surface area contributed by atoms with Gasteiger partial charge >= 0.3 is 0 Å². The molecule has 0 bridgehead atoms. The Morgan fingerprint density at radius 1 is 0.824 bits per heavy atom. The predicted octanol–water partition coefficient (Wildman–Crippen LogP) is 3.71. The second-order valence-electron chi connectivity index (χ2n) is 8.50. The minimum absolute atomic E-state index is 0.0165. The Bertz CT molecular complexity index is 1250. The van der Waals surface area contributed by atoms with Gasteiger partial charge in [0, 0.05) is 37.0 Å². The second kappa shape index (κ2) is 9.19. The van der Waals surface area contributed by atoms with Crippen molar-refractivity contribution in [3.8, 4) is 23.0 Å². The first-order chi connectivity index (χ1) is 16.6. The molecular weight excluding hydrogens is 436 g/mol. The van der Waals surface area contributed by atoms with Crippen LogP contribution in [-0.4, -0.2) is 78.6 Å². The van der Waals surface area contributed by atoms with Gasteiger partial charge in [-0.15, -0.1) is 0 Å². The van der Waals surface area contributed by atoms with Gasteiger partial charge in [0.15, 0.2) is 23.0 Å². The lowest BCUT2D eigenvalue weighted by atomic mass is 9.96. The maximum atomic E-state index is 13.6. The van der Waals surface area contributed by atoms with Crippen LogP contribution < -0.4 is 23.8 Å². The first-order valence-electron chi connectivity index (χ1n) is 11.5. The van der Waals surface area contributed by atoms with E-state index in [1.807, 2.05) is 17.0 Å². The molecule has 5 rings (SSSR count). The van der Waals surface area contributed by atoms with E-state index in [1.54, 1.807) is 34.5 Å². The van der Waals surface area contributed by atoms with E-state index >= 15 is 0 Å². The minimum Gasteiger partial charge on any atom is -0.493 e. The SMILES string of the molecule is COc1cc2cc3c4c(cc(OC)c(OC)c4c2cc1OC)C(=O)N3CCCN1CCOCC1. The quantitative estimate of drug-likeness (QED) is 0.469. The number of nitrogens with zero attached hydrogens (tertiary/aromatic N) is 2. The first-order valence-corrected chi connectivity index (χ1v) is 11.5. The molecule has 1 fully saturated rings. The van der Waals surface area contributed by atoms with E-state index in [1.165, 1.54) is 0 Å². The van der Waals surface area contributed by atoms with Gasteiger partial charge in [-0.25, -0.2) is 0 Å². The summed E-state index contributed by atoms with van der Waals surface area (Å²) in [6.45, 7) is 4.96. The minimum atomic E-state index is -0.0165. The number of anilines is 1. The standard InChI is InChI=1S/C26H30N2O6/c1-30-20-13-16-12-19-23-18(26(29)28(19)7-5-6-27-8-10-34-11-9-27)15-22(32-3)25(33-4)24(23)17(16)14-21(20)31-2/h12-15H,5-11H2,1-4H3. The number of morpholine rings is 1. The van der Waals surface area contributed by atoms with Crippen molar-refractivity contribution in [1.29, 1.82) is 0 Å². The lowest BCUT2D eigenvalue weighted by Crippen LogP contribution is -2.38. The molecule has 8 nitrogen and oxygen atoms in total. The summed E-state index contributed by atoms with van der Waals surface area (Å²) in [6.07, 6.45) is 0.874. The molecule has 0 aromatic heterocycles. The molecule has 2 aliphatic heterocycles. The van der Waals surface area contributed by atoms with Crippen LogP contribution in [0.25, 0.3) is 21.5 Å². The Hall–Kier alpha value is -3.23. The highest BCUT2D eigenvalue weighted by atomic mass is 16.5. The largest absolute Gasteiger partial charge is 0.493 e. The number of benzene rings is 3. The van der Waals surface area contributed by atoms with E-state index in [9.17, 15) is 4.79 Å². The number of hydrogen-bond acceptors (Lipinski definition) is 7. The van der Waals surface area contributed by atoms with Crippen molar-refractivity contribution < 1.29 is 28.5 Å². The van der Waals surface area contributed by atoms with Gasteiger partial charge in [-0.2, -0.15) is 0 Å². The van der Waals surface area contributed by atoms with E-state index in [2.05, 4.69) is 11.0 Å². The van der Waals surface area contributed by atoms with Gasteiger partial charge in [0.1, 0.15) is 0 Å². The Labute approximate surface area is 198 Å². The van der Waals surface area contributed by atoms with Crippen molar-refractivity contribution in [2.45, 2.75) is 6.42 Å². The highest BCUT2D eigenvalue weighted by Crippen LogP contribution is 2.50. The maximum absolute atomic E-state index is 13.6. The van der Waals surface area contributed by atoms with E-state index in [0.717, 1.165) is 66.5 Å². The van der Waals surface area contributed by atoms with Gasteiger partial charge < -0.3 is 28.6 Å². The number of carbonyl (C=O) groups excluding carboxylic acids is 1. The van der Waals surface area contributed by atoms with Crippen molar-refractivity contribution in [2.24, 2.45) is 0 Å². The van der Waals surface area contributed by atoms with Crippen molar-refractivity contribution in [2.75, 3.05) is 72.7 Å². The van der Waals surface area contributed by atoms with Crippen LogP contribution in [0.15, 0.2) is 24.3 Å². The molecular formula is C26H30N2O6. The van der Waals surface area contributed by atoms with E-state index in [4.69, 9.17) is 23.7 Å². The fourth-order valence-electron chi connectivity index (χ4n) is 5.10. The van der Waals surface area contributed by atoms with Crippen molar-refractivity contribution in [3.05, 3.63) is 29.8 Å². The Kier molecular flexibility index (Phi) is 6.10. The number of rotatable bonds is 8. The van der Waals surface area contributed by atoms with E-state index < -0.39 is 0 Å². The Balaban J connectivity index is 1.65. The summed E-state index contributed by atoms with van der Waals surface area (Å²) in [7, 11) is 6.44. The molecule has 0 radical (unpaired) electrons. The molecule has 0 unspecified atom stereocenters. The van der Waals surface area contributed by atoms with Gasteiger partial charge in [0.2, 0.25) is 0 Å². The molecule has 0 spiro atoms. The fraction of sp³-hybridized carbons (Fsp3) is 0.423.